The van der Waals surface area contributed by atoms with E-state index < -0.39 is 10.0 Å². The lowest BCUT2D eigenvalue weighted by Gasteiger charge is -2.36. The molecule has 2 aromatic rings. The van der Waals surface area contributed by atoms with Gasteiger partial charge in [-0.1, -0.05) is 44.2 Å². The zero-order valence-corrected chi connectivity index (χ0v) is 18.0. The Morgan fingerprint density at radius 3 is 2.03 bits per heavy atom. The Hall–Kier alpha value is -2.22. The van der Waals surface area contributed by atoms with Crippen LogP contribution in [-0.4, -0.2) is 55.8 Å². The van der Waals surface area contributed by atoms with Gasteiger partial charge in [-0.05, 0) is 42.7 Å². The molecule has 7 heteroatoms. The van der Waals surface area contributed by atoms with Crippen LogP contribution in [0, 0.1) is 0 Å². The summed E-state index contributed by atoms with van der Waals surface area (Å²) in [7, 11) is -3.52. The quantitative estimate of drug-likeness (QED) is 0.787. The first-order valence-electron chi connectivity index (χ1n) is 9.99. The van der Waals surface area contributed by atoms with Gasteiger partial charge in [-0.2, -0.15) is 4.31 Å². The molecule has 0 bridgehead atoms. The van der Waals surface area contributed by atoms with Crippen molar-refractivity contribution in [3.05, 3.63) is 60.2 Å². The van der Waals surface area contributed by atoms with Gasteiger partial charge in [0.15, 0.2) is 0 Å². The summed E-state index contributed by atoms with van der Waals surface area (Å²) in [5, 5.41) is 2.91. The van der Waals surface area contributed by atoms with Gasteiger partial charge in [0.2, 0.25) is 15.9 Å². The second-order valence-electron chi connectivity index (χ2n) is 7.70. The number of rotatable bonds is 6. The van der Waals surface area contributed by atoms with Gasteiger partial charge in [0, 0.05) is 31.9 Å². The van der Waals surface area contributed by atoms with Crippen molar-refractivity contribution in [2.24, 2.45) is 0 Å². The fourth-order valence-corrected chi connectivity index (χ4v) is 4.86. The molecule has 1 amide bonds. The maximum atomic E-state index is 12.9. The van der Waals surface area contributed by atoms with Gasteiger partial charge >= 0.3 is 0 Å². The van der Waals surface area contributed by atoms with Gasteiger partial charge in [0.1, 0.15) is 0 Å². The predicted molar refractivity (Wildman–Crippen MR) is 115 cm³/mol. The van der Waals surface area contributed by atoms with E-state index in [1.165, 1.54) is 4.31 Å². The molecule has 0 unspecified atom stereocenters. The monoisotopic (exact) mass is 415 g/mol. The lowest BCUT2D eigenvalue weighted by molar-refractivity contribution is -0.121. The molecule has 0 radical (unpaired) electrons. The maximum Gasteiger partial charge on any atom is 0.243 e. The van der Waals surface area contributed by atoms with Crippen LogP contribution in [0.5, 0.6) is 0 Å². The van der Waals surface area contributed by atoms with Crippen LogP contribution in [0.1, 0.15) is 32.3 Å². The highest BCUT2D eigenvalue weighted by molar-refractivity contribution is 7.89. The summed E-state index contributed by atoms with van der Waals surface area (Å²) >= 11 is 0. The third-order valence-corrected chi connectivity index (χ3v) is 7.34. The first-order chi connectivity index (χ1) is 13.8. The van der Waals surface area contributed by atoms with Crippen molar-refractivity contribution in [3.8, 4) is 0 Å². The number of anilines is 1. The molecule has 2 aromatic carbocycles. The summed E-state index contributed by atoms with van der Waals surface area (Å²) in [4.78, 5) is 14.9. The molecule has 1 fully saturated rings. The number of hydrogen-bond donors (Lipinski definition) is 1. The van der Waals surface area contributed by atoms with Gasteiger partial charge < -0.3 is 5.32 Å². The van der Waals surface area contributed by atoms with E-state index in [-0.39, 0.29) is 11.9 Å². The summed E-state index contributed by atoms with van der Waals surface area (Å²) in [6, 6.07) is 16.1. The smallest absolute Gasteiger partial charge is 0.243 e. The molecule has 1 saturated heterocycles. The Morgan fingerprint density at radius 2 is 1.48 bits per heavy atom. The Bertz CT molecular complexity index is 920. The van der Waals surface area contributed by atoms with Crippen molar-refractivity contribution in [2.75, 3.05) is 31.5 Å². The second kappa shape index (κ2) is 9.07. The topological polar surface area (TPSA) is 69.7 Å². The number of carbonyl (C=O) groups excluding carboxylic acids is 1. The summed E-state index contributed by atoms with van der Waals surface area (Å²) in [5.74, 6) is 0.274. The van der Waals surface area contributed by atoms with E-state index in [0.717, 1.165) is 11.3 Å². The van der Waals surface area contributed by atoms with E-state index in [4.69, 9.17) is 0 Å². The molecular weight excluding hydrogens is 386 g/mol. The molecule has 156 valence electrons. The number of benzene rings is 2. The lowest BCUT2D eigenvalue weighted by atomic mass is 10.0. The fourth-order valence-electron chi connectivity index (χ4n) is 3.44. The minimum Gasteiger partial charge on any atom is -0.325 e. The third-order valence-electron chi connectivity index (χ3n) is 5.43. The van der Waals surface area contributed by atoms with Crippen molar-refractivity contribution in [2.45, 2.75) is 37.6 Å². The van der Waals surface area contributed by atoms with Crippen LogP contribution in [0.2, 0.25) is 0 Å². The molecule has 1 aliphatic rings. The van der Waals surface area contributed by atoms with Crippen LogP contribution in [0.3, 0.4) is 0 Å². The number of piperazine rings is 1. The minimum atomic E-state index is -3.52. The van der Waals surface area contributed by atoms with E-state index in [9.17, 15) is 13.2 Å². The number of carbonyl (C=O) groups is 1. The number of nitrogens with zero attached hydrogens (tertiary/aromatic N) is 2. The summed E-state index contributed by atoms with van der Waals surface area (Å²) in [5.41, 5.74) is 1.88. The Balaban J connectivity index is 1.59. The van der Waals surface area contributed by atoms with Gasteiger partial charge in [0.05, 0.1) is 10.9 Å². The van der Waals surface area contributed by atoms with E-state index in [0.29, 0.717) is 37.0 Å². The van der Waals surface area contributed by atoms with Crippen molar-refractivity contribution in [3.63, 3.8) is 0 Å². The highest BCUT2D eigenvalue weighted by Crippen LogP contribution is 2.22. The number of sulfonamides is 1. The molecule has 0 spiro atoms. The maximum absolute atomic E-state index is 12.9. The summed E-state index contributed by atoms with van der Waals surface area (Å²) in [6.45, 7) is 7.80. The molecule has 0 aromatic heterocycles. The molecule has 3 rings (SSSR count). The lowest BCUT2D eigenvalue weighted by Crippen LogP contribution is -2.53. The molecule has 0 aliphatic carbocycles. The normalized spacial score (nSPS) is 17.2. The van der Waals surface area contributed by atoms with Crippen LogP contribution < -0.4 is 5.32 Å². The number of para-hydroxylation sites is 1. The van der Waals surface area contributed by atoms with E-state index >= 15 is 0 Å². The first-order valence-corrected chi connectivity index (χ1v) is 11.4. The molecule has 1 N–H and O–H groups in total. The van der Waals surface area contributed by atoms with Gasteiger partial charge in [-0.25, -0.2) is 8.42 Å². The highest BCUT2D eigenvalue weighted by atomic mass is 32.2. The first kappa shape index (κ1) is 21.5. The van der Waals surface area contributed by atoms with Gasteiger partial charge in [-0.3, -0.25) is 9.69 Å². The summed E-state index contributed by atoms with van der Waals surface area (Å²) in [6.07, 6.45) is 0. The Labute approximate surface area is 173 Å². The van der Waals surface area contributed by atoms with Crippen LogP contribution in [0.25, 0.3) is 0 Å². The zero-order valence-electron chi connectivity index (χ0n) is 17.2. The SMILES string of the molecule is CC(C)c1ccc(S(=O)(=O)N2CCN([C@H](C)C(=O)Nc3ccccc3)CC2)cc1. The van der Waals surface area contributed by atoms with Crippen LogP contribution >= 0.6 is 0 Å². The Kier molecular flexibility index (Phi) is 6.72. The van der Waals surface area contributed by atoms with Crippen LogP contribution in [0.15, 0.2) is 59.5 Å². The fraction of sp³-hybridized carbons (Fsp3) is 0.409. The van der Waals surface area contributed by atoms with E-state index in [1.807, 2.05) is 54.3 Å². The van der Waals surface area contributed by atoms with Crippen molar-refractivity contribution in [1.82, 2.24) is 9.21 Å². The average Bonchev–Trinajstić information content (AvgIpc) is 2.74. The zero-order chi connectivity index (χ0) is 21.0. The van der Waals surface area contributed by atoms with Gasteiger partial charge in [0.25, 0.3) is 0 Å². The molecule has 29 heavy (non-hydrogen) atoms. The molecule has 1 heterocycles. The second-order valence-corrected chi connectivity index (χ2v) is 9.63. The molecule has 0 saturated carbocycles. The van der Waals surface area contributed by atoms with E-state index in [1.54, 1.807) is 12.1 Å². The number of hydrogen-bond acceptors (Lipinski definition) is 4. The van der Waals surface area contributed by atoms with Crippen LogP contribution in [0.4, 0.5) is 5.69 Å². The van der Waals surface area contributed by atoms with Gasteiger partial charge in [-0.15, -0.1) is 0 Å². The molecule has 1 atom stereocenters. The standard InChI is InChI=1S/C22H29N3O3S/c1-17(2)19-9-11-21(12-10-19)29(27,28)25-15-13-24(14-16-25)18(3)22(26)23-20-7-5-4-6-8-20/h4-12,17-18H,13-16H2,1-3H3,(H,23,26)/t18-/m1/s1. The minimum absolute atomic E-state index is 0.0863. The molecule has 1 aliphatic heterocycles. The largest absolute Gasteiger partial charge is 0.325 e. The van der Waals surface area contributed by atoms with E-state index in [2.05, 4.69) is 19.2 Å². The number of nitrogens with one attached hydrogen (secondary N) is 1. The predicted octanol–water partition coefficient (Wildman–Crippen LogP) is 3.14. The molecule has 6 nitrogen and oxygen atoms in total. The summed E-state index contributed by atoms with van der Waals surface area (Å²) < 4.78 is 27.4. The highest BCUT2D eigenvalue weighted by Gasteiger charge is 2.31. The van der Waals surface area contributed by atoms with Crippen LogP contribution in [-0.2, 0) is 14.8 Å². The van der Waals surface area contributed by atoms with Crippen molar-refractivity contribution >= 4 is 21.6 Å². The number of amides is 1. The van der Waals surface area contributed by atoms with Crippen molar-refractivity contribution in [1.29, 1.82) is 0 Å². The average molecular weight is 416 g/mol. The molecular formula is C22H29N3O3S. The Morgan fingerprint density at radius 1 is 0.897 bits per heavy atom. The van der Waals surface area contributed by atoms with Crippen molar-refractivity contribution < 1.29 is 13.2 Å². The third kappa shape index (κ3) is 5.04.